The first kappa shape index (κ1) is 12.7. The van der Waals surface area contributed by atoms with Gasteiger partial charge in [0.05, 0.1) is 5.92 Å². The number of rotatable bonds is 3. The topological polar surface area (TPSA) is 59.4 Å². The number of carboxylic acid groups (broad SMARTS) is 1. The van der Waals surface area contributed by atoms with Crippen molar-refractivity contribution in [3.63, 3.8) is 0 Å². The van der Waals surface area contributed by atoms with Crippen LogP contribution in [0.3, 0.4) is 0 Å². The SMILES string of the molecule is CCC(C(=O)O)c1ccc2c(c1)Cc1cccnc1O2. The smallest absolute Gasteiger partial charge is 0.310 e. The van der Waals surface area contributed by atoms with Crippen LogP contribution in [0.5, 0.6) is 11.6 Å². The Morgan fingerprint density at radius 2 is 2.25 bits per heavy atom. The highest BCUT2D eigenvalue weighted by molar-refractivity contribution is 5.76. The lowest BCUT2D eigenvalue weighted by Gasteiger charge is -2.20. The van der Waals surface area contributed by atoms with Gasteiger partial charge < -0.3 is 9.84 Å². The van der Waals surface area contributed by atoms with E-state index in [0.29, 0.717) is 12.3 Å². The molecular weight excluding hydrogens is 254 g/mol. The molecule has 0 saturated heterocycles. The zero-order valence-electron chi connectivity index (χ0n) is 11.2. The highest BCUT2D eigenvalue weighted by Crippen LogP contribution is 2.36. The maximum Gasteiger partial charge on any atom is 0.310 e. The molecule has 0 aliphatic carbocycles. The second-order valence-corrected chi connectivity index (χ2v) is 4.91. The number of aromatic nitrogens is 1. The molecule has 1 aliphatic heterocycles. The molecule has 1 aromatic heterocycles. The van der Waals surface area contributed by atoms with Crippen molar-refractivity contribution < 1.29 is 14.6 Å². The van der Waals surface area contributed by atoms with Crippen molar-refractivity contribution in [3.8, 4) is 11.6 Å². The molecule has 1 aromatic carbocycles. The minimum atomic E-state index is -0.786. The molecule has 0 fully saturated rings. The summed E-state index contributed by atoms with van der Waals surface area (Å²) in [5, 5.41) is 9.25. The fraction of sp³-hybridized carbons (Fsp3) is 0.250. The summed E-state index contributed by atoms with van der Waals surface area (Å²) < 4.78 is 5.75. The molecule has 102 valence electrons. The summed E-state index contributed by atoms with van der Waals surface area (Å²) >= 11 is 0. The molecule has 2 heterocycles. The van der Waals surface area contributed by atoms with Crippen molar-refractivity contribution in [2.24, 2.45) is 0 Å². The second kappa shape index (κ2) is 4.96. The Labute approximate surface area is 117 Å². The fourth-order valence-electron chi connectivity index (χ4n) is 2.57. The van der Waals surface area contributed by atoms with Crippen LogP contribution in [0.2, 0.25) is 0 Å². The van der Waals surface area contributed by atoms with E-state index in [4.69, 9.17) is 4.74 Å². The first-order valence-corrected chi connectivity index (χ1v) is 6.66. The summed E-state index contributed by atoms with van der Waals surface area (Å²) in [5.74, 6) is 0.153. The predicted molar refractivity (Wildman–Crippen MR) is 74.2 cm³/mol. The molecule has 20 heavy (non-hydrogen) atoms. The van der Waals surface area contributed by atoms with Crippen LogP contribution in [0.15, 0.2) is 36.5 Å². The van der Waals surface area contributed by atoms with Crippen LogP contribution < -0.4 is 4.74 Å². The van der Waals surface area contributed by atoms with E-state index in [2.05, 4.69) is 4.98 Å². The van der Waals surface area contributed by atoms with Crippen LogP contribution in [0.1, 0.15) is 36.0 Å². The summed E-state index contributed by atoms with van der Waals surface area (Å²) in [6.07, 6.45) is 3.01. The molecule has 3 rings (SSSR count). The number of nitrogens with zero attached hydrogens (tertiary/aromatic N) is 1. The standard InChI is InChI=1S/C16H15NO3/c1-2-13(16(18)19)10-5-6-14-12(8-10)9-11-4-3-7-17-15(11)20-14/h3-8,13H,2,9H2,1H3,(H,18,19). The minimum Gasteiger partial charge on any atom is -0.481 e. The molecule has 0 bridgehead atoms. The first-order chi connectivity index (χ1) is 9.69. The van der Waals surface area contributed by atoms with Crippen LogP contribution in [-0.4, -0.2) is 16.1 Å². The molecule has 0 radical (unpaired) electrons. The number of hydrogen-bond donors (Lipinski definition) is 1. The molecule has 4 nitrogen and oxygen atoms in total. The van der Waals surface area contributed by atoms with Gasteiger partial charge >= 0.3 is 5.97 Å². The Kier molecular flexibility index (Phi) is 3.14. The fourth-order valence-corrected chi connectivity index (χ4v) is 2.57. The molecule has 4 heteroatoms. The van der Waals surface area contributed by atoms with Crippen molar-refractivity contribution in [2.75, 3.05) is 0 Å². The first-order valence-electron chi connectivity index (χ1n) is 6.66. The van der Waals surface area contributed by atoms with Gasteiger partial charge in [0.2, 0.25) is 5.88 Å². The lowest BCUT2D eigenvalue weighted by Crippen LogP contribution is -2.12. The molecule has 0 spiro atoms. The van der Waals surface area contributed by atoms with Crippen molar-refractivity contribution in [1.29, 1.82) is 0 Å². The molecule has 0 amide bonds. The van der Waals surface area contributed by atoms with Crippen molar-refractivity contribution in [3.05, 3.63) is 53.2 Å². The van der Waals surface area contributed by atoms with E-state index >= 15 is 0 Å². The number of ether oxygens (including phenoxy) is 1. The van der Waals surface area contributed by atoms with Crippen LogP contribution in [0.25, 0.3) is 0 Å². The second-order valence-electron chi connectivity index (χ2n) is 4.91. The monoisotopic (exact) mass is 269 g/mol. The third kappa shape index (κ3) is 2.13. The molecule has 1 unspecified atom stereocenters. The minimum absolute atomic E-state index is 0.462. The quantitative estimate of drug-likeness (QED) is 0.792. The van der Waals surface area contributed by atoms with Gasteiger partial charge in [-0.25, -0.2) is 4.98 Å². The van der Waals surface area contributed by atoms with E-state index in [0.717, 1.165) is 28.9 Å². The van der Waals surface area contributed by atoms with Gasteiger partial charge in [0, 0.05) is 18.2 Å². The lowest BCUT2D eigenvalue weighted by molar-refractivity contribution is -0.138. The van der Waals surface area contributed by atoms with Crippen LogP contribution in [0, 0.1) is 0 Å². The lowest BCUT2D eigenvalue weighted by atomic mass is 9.92. The van der Waals surface area contributed by atoms with E-state index < -0.39 is 11.9 Å². The summed E-state index contributed by atoms with van der Waals surface area (Å²) in [6, 6.07) is 9.46. The van der Waals surface area contributed by atoms with Gasteiger partial charge in [-0.3, -0.25) is 4.79 Å². The third-order valence-electron chi connectivity index (χ3n) is 3.63. The normalized spacial score (nSPS) is 13.8. The molecule has 1 aliphatic rings. The van der Waals surface area contributed by atoms with Gasteiger partial charge in [0.15, 0.2) is 0 Å². The number of pyridine rings is 1. The Morgan fingerprint density at radius 1 is 1.40 bits per heavy atom. The van der Waals surface area contributed by atoms with Crippen LogP contribution >= 0.6 is 0 Å². The largest absolute Gasteiger partial charge is 0.481 e. The van der Waals surface area contributed by atoms with E-state index in [1.54, 1.807) is 6.20 Å². The average molecular weight is 269 g/mol. The average Bonchev–Trinajstić information content (AvgIpc) is 2.45. The number of carboxylic acids is 1. The van der Waals surface area contributed by atoms with Crippen LogP contribution in [0.4, 0.5) is 0 Å². The zero-order chi connectivity index (χ0) is 14.1. The zero-order valence-corrected chi connectivity index (χ0v) is 11.2. The highest BCUT2D eigenvalue weighted by Gasteiger charge is 2.22. The van der Waals surface area contributed by atoms with Gasteiger partial charge in [-0.05, 0) is 29.7 Å². The van der Waals surface area contributed by atoms with E-state index in [-0.39, 0.29) is 0 Å². The van der Waals surface area contributed by atoms with E-state index in [1.807, 2.05) is 37.3 Å². The Bertz CT molecular complexity index is 667. The van der Waals surface area contributed by atoms with Gasteiger partial charge in [0.1, 0.15) is 5.75 Å². The number of carbonyl (C=O) groups is 1. The predicted octanol–water partition coefficient (Wildman–Crippen LogP) is 3.36. The summed E-state index contributed by atoms with van der Waals surface area (Å²) in [4.78, 5) is 15.5. The van der Waals surface area contributed by atoms with Gasteiger partial charge in [-0.2, -0.15) is 0 Å². The van der Waals surface area contributed by atoms with Crippen LogP contribution in [-0.2, 0) is 11.2 Å². The molecule has 0 saturated carbocycles. The van der Waals surface area contributed by atoms with Crippen molar-refractivity contribution >= 4 is 5.97 Å². The molecule has 1 atom stereocenters. The van der Waals surface area contributed by atoms with Gasteiger partial charge in [-0.1, -0.05) is 25.1 Å². The number of hydrogen-bond acceptors (Lipinski definition) is 3. The molecular formula is C16H15NO3. The summed E-state index contributed by atoms with van der Waals surface area (Å²) in [6.45, 7) is 1.88. The highest BCUT2D eigenvalue weighted by atomic mass is 16.5. The maximum absolute atomic E-state index is 11.3. The van der Waals surface area contributed by atoms with Crippen molar-refractivity contribution in [2.45, 2.75) is 25.7 Å². The van der Waals surface area contributed by atoms with Gasteiger partial charge in [0.25, 0.3) is 0 Å². The number of aliphatic carboxylic acids is 1. The Morgan fingerprint density at radius 3 is 3.00 bits per heavy atom. The number of benzene rings is 1. The van der Waals surface area contributed by atoms with Crippen molar-refractivity contribution in [1.82, 2.24) is 4.98 Å². The Hall–Kier alpha value is -2.36. The summed E-state index contributed by atoms with van der Waals surface area (Å²) in [5.41, 5.74) is 2.87. The molecule has 1 N–H and O–H groups in total. The van der Waals surface area contributed by atoms with Gasteiger partial charge in [-0.15, -0.1) is 0 Å². The maximum atomic E-state index is 11.3. The third-order valence-corrected chi connectivity index (χ3v) is 3.63. The Balaban J connectivity index is 1.97. The summed E-state index contributed by atoms with van der Waals surface area (Å²) in [7, 11) is 0. The van der Waals surface area contributed by atoms with E-state index in [9.17, 15) is 9.90 Å². The molecule has 2 aromatic rings. The number of fused-ring (bicyclic) bond motifs is 2. The van der Waals surface area contributed by atoms with E-state index in [1.165, 1.54) is 0 Å².